The fourth-order valence-electron chi connectivity index (χ4n) is 0.424. The molecule has 0 aromatic carbocycles. The Labute approximate surface area is 60.6 Å². The zero-order valence-corrected chi connectivity index (χ0v) is 6.16. The molecule has 0 spiro atoms. The average Bonchev–Trinajstić information content (AvgIpc) is 2.00. The number of carbonyl (C=O) groups excluding carboxylic acids is 1. The topological polar surface area (TPSA) is 40.5 Å². The van der Waals surface area contributed by atoms with Crippen molar-refractivity contribution >= 4 is 5.91 Å². The second-order valence-corrected chi connectivity index (χ2v) is 2.09. The van der Waals surface area contributed by atoms with Gasteiger partial charge in [-0.3, -0.25) is 4.79 Å². The van der Waals surface area contributed by atoms with Crippen molar-refractivity contribution in [3.05, 3.63) is 0 Å². The van der Waals surface area contributed by atoms with Crippen molar-refractivity contribution < 1.29 is 9.90 Å². The largest absolute Gasteiger partial charge is 0.394 e. The summed E-state index contributed by atoms with van der Waals surface area (Å²) < 4.78 is 0. The second kappa shape index (κ2) is 3.91. The lowest BCUT2D eigenvalue weighted by Crippen LogP contribution is -2.36. The summed E-state index contributed by atoms with van der Waals surface area (Å²) in [6.45, 7) is 1.65. The Bertz CT molecular complexity index is 159. The SMILES string of the molecule is C#CC(=O)N(C)[C@@H](C)CO. The van der Waals surface area contributed by atoms with Crippen LogP contribution in [0.25, 0.3) is 0 Å². The predicted molar refractivity (Wildman–Crippen MR) is 38.2 cm³/mol. The van der Waals surface area contributed by atoms with Crippen molar-refractivity contribution in [2.24, 2.45) is 0 Å². The van der Waals surface area contributed by atoms with E-state index >= 15 is 0 Å². The Morgan fingerprint density at radius 3 is 2.70 bits per heavy atom. The van der Waals surface area contributed by atoms with Gasteiger partial charge in [-0.15, -0.1) is 6.42 Å². The zero-order valence-electron chi connectivity index (χ0n) is 6.16. The summed E-state index contributed by atoms with van der Waals surface area (Å²) in [5.41, 5.74) is 0. The van der Waals surface area contributed by atoms with Gasteiger partial charge in [-0.25, -0.2) is 0 Å². The first-order chi connectivity index (χ1) is 4.63. The van der Waals surface area contributed by atoms with Gasteiger partial charge in [0.2, 0.25) is 0 Å². The van der Waals surface area contributed by atoms with E-state index in [4.69, 9.17) is 11.5 Å². The van der Waals surface area contributed by atoms with Crippen LogP contribution in [0.1, 0.15) is 6.92 Å². The summed E-state index contributed by atoms with van der Waals surface area (Å²) in [4.78, 5) is 12.0. The van der Waals surface area contributed by atoms with Gasteiger partial charge in [-0.05, 0) is 12.8 Å². The third-order valence-corrected chi connectivity index (χ3v) is 1.37. The molecule has 10 heavy (non-hydrogen) atoms. The van der Waals surface area contributed by atoms with Gasteiger partial charge in [0, 0.05) is 7.05 Å². The molecule has 0 aliphatic carbocycles. The van der Waals surface area contributed by atoms with Crippen molar-refractivity contribution in [1.29, 1.82) is 0 Å². The molecule has 0 radical (unpaired) electrons. The summed E-state index contributed by atoms with van der Waals surface area (Å²) in [5, 5.41) is 8.59. The number of rotatable bonds is 2. The average molecular weight is 141 g/mol. The van der Waals surface area contributed by atoms with Gasteiger partial charge in [0.25, 0.3) is 5.91 Å². The monoisotopic (exact) mass is 141 g/mol. The molecule has 1 amide bonds. The Morgan fingerprint density at radius 1 is 1.90 bits per heavy atom. The van der Waals surface area contributed by atoms with E-state index in [0.29, 0.717) is 0 Å². The lowest BCUT2D eigenvalue weighted by molar-refractivity contribution is -0.126. The van der Waals surface area contributed by atoms with Crippen molar-refractivity contribution in [2.75, 3.05) is 13.7 Å². The Balaban J connectivity index is 3.97. The lowest BCUT2D eigenvalue weighted by Gasteiger charge is -2.19. The van der Waals surface area contributed by atoms with Crippen LogP contribution in [0.4, 0.5) is 0 Å². The molecule has 0 unspecified atom stereocenters. The molecule has 0 bridgehead atoms. The Morgan fingerprint density at radius 2 is 2.40 bits per heavy atom. The number of likely N-dealkylation sites (N-methyl/N-ethyl adjacent to an activating group) is 1. The number of amides is 1. The quantitative estimate of drug-likeness (QED) is 0.525. The van der Waals surface area contributed by atoms with Gasteiger partial charge >= 0.3 is 0 Å². The molecular weight excluding hydrogens is 130 g/mol. The van der Waals surface area contributed by atoms with Crippen LogP contribution >= 0.6 is 0 Å². The molecular formula is C7H11NO2. The number of terminal acetylenes is 1. The predicted octanol–water partition coefficient (Wildman–Crippen LogP) is -0.541. The van der Waals surface area contributed by atoms with E-state index < -0.39 is 5.91 Å². The van der Waals surface area contributed by atoms with Crippen molar-refractivity contribution in [1.82, 2.24) is 4.90 Å². The van der Waals surface area contributed by atoms with Gasteiger partial charge in [0.15, 0.2) is 0 Å². The van der Waals surface area contributed by atoms with E-state index in [9.17, 15) is 4.79 Å². The third-order valence-electron chi connectivity index (χ3n) is 1.37. The number of carbonyl (C=O) groups is 1. The molecule has 0 fully saturated rings. The van der Waals surface area contributed by atoms with E-state index in [0.717, 1.165) is 0 Å². The smallest absolute Gasteiger partial charge is 0.298 e. The highest BCUT2D eigenvalue weighted by atomic mass is 16.3. The fourth-order valence-corrected chi connectivity index (χ4v) is 0.424. The van der Waals surface area contributed by atoms with Crippen molar-refractivity contribution in [3.63, 3.8) is 0 Å². The first-order valence-electron chi connectivity index (χ1n) is 2.97. The van der Waals surface area contributed by atoms with E-state index in [2.05, 4.69) is 0 Å². The number of aliphatic hydroxyl groups is 1. The van der Waals surface area contributed by atoms with Crippen LogP contribution in [0, 0.1) is 12.3 Å². The molecule has 0 aromatic heterocycles. The fraction of sp³-hybridized carbons (Fsp3) is 0.571. The second-order valence-electron chi connectivity index (χ2n) is 2.09. The molecule has 56 valence electrons. The van der Waals surface area contributed by atoms with Gasteiger partial charge in [-0.1, -0.05) is 0 Å². The normalized spacial score (nSPS) is 11.8. The molecule has 0 saturated carbocycles. The Hall–Kier alpha value is -1.01. The van der Waals surface area contributed by atoms with Crippen molar-refractivity contribution in [2.45, 2.75) is 13.0 Å². The van der Waals surface area contributed by atoms with Gasteiger partial charge in [-0.2, -0.15) is 0 Å². The summed E-state index contributed by atoms with van der Waals surface area (Å²) in [6, 6.07) is -0.205. The first-order valence-corrected chi connectivity index (χ1v) is 2.97. The molecule has 3 heteroatoms. The summed E-state index contributed by atoms with van der Waals surface area (Å²) in [6.07, 6.45) is 4.84. The highest BCUT2D eigenvalue weighted by Crippen LogP contribution is 1.92. The molecule has 0 heterocycles. The maximum absolute atomic E-state index is 10.7. The van der Waals surface area contributed by atoms with E-state index in [-0.39, 0.29) is 12.6 Å². The van der Waals surface area contributed by atoms with Crippen molar-refractivity contribution in [3.8, 4) is 12.3 Å². The molecule has 1 atom stereocenters. The molecule has 0 aliphatic heterocycles. The van der Waals surface area contributed by atoms with Crippen LogP contribution in [0.2, 0.25) is 0 Å². The molecule has 3 nitrogen and oxygen atoms in total. The lowest BCUT2D eigenvalue weighted by atomic mass is 10.3. The zero-order chi connectivity index (χ0) is 8.15. The summed E-state index contributed by atoms with van der Waals surface area (Å²) in [7, 11) is 1.56. The number of hydrogen-bond acceptors (Lipinski definition) is 2. The first kappa shape index (κ1) is 8.99. The van der Waals surface area contributed by atoms with E-state index in [1.165, 1.54) is 4.90 Å². The van der Waals surface area contributed by atoms with E-state index in [1.807, 2.05) is 5.92 Å². The molecule has 0 saturated heterocycles. The summed E-state index contributed by atoms with van der Waals surface area (Å²) in [5.74, 6) is 1.55. The third kappa shape index (κ3) is 2.08. The van der Waals surface area contributed by atoms with Crippen LogP contribution in [0.3, 0.4) is 0 Å². The van der Waals surface area contributed by atoms with Crippen LogP contribution in [0.15, 0.2) is 0 Å². The molecule has 0 rings (SSSR count). The number of nitrogens with zero attached hydrogens (tertiary/aromatic N) is 1. The maximum atomic E-state index is 10.7. The van der Waals surface area contributed by atoms with Crippen LogP contribution < -0.4 is 0 Å². The van der Waals surface area contributed by atoms with Gasteiger partial charge in [0.05, 0.1) is 12.6 Å². The highest BCUT2D eigenvalue weighted by molar-refractivity contribution is 5.92. The minimum Gasteiger partial charge on any atom is -0.394 e. The summed E-state index contributed by atoms with van der Waals surface area (Å²) >= 11 is 0. The van der Waals surface area contributed by atoms with E-state index in [1.54, 1.807) is 14.0 Å². The molecule has 0 aromatic rings. The maximum Gasteiger partial charge on any atom is 0.298 e. The highest BCUT2D eigenvalue weighted by Gasteiger charge is 2.11. The van der Waals surface area contributed by atoms with Crippen LogP contribution in [-0.4, -0.2) is 35.6 Å². The number of hydrogen-bond donors (Lipinski definition) is 1. The van der Waals surface area contributed by atoms with Crippen LogP contribution in [0.5, 0.6) is 0 Å². The number of aliphatic hydroxyl groups excluding tert-OH is 1. The van der Waals surface area contributed by atoms with Gasteiger partial charge in [0.1, 0.15) is 0 Å². The minimum atomic E-state index is -0.401. The standard InChI is InChI=1S/C7H11NO2/c1-4-7(10)8(3)6(2)5-9/h1,6,9H,5H2,2-3H3/t6-/m0/s1. The molecule has 1 N–H and O–H groups in total. The minimum absolute atomic E-state index is 0.0656. The van der Waals surface area contributed by atoms with Crippen LogP contribution in [-0.2, 0) is 4.79 Å². The molecule has 0 aliphatic rings. The Kier molecular flexibility index (Phi) is 3.52. The van der Waals surface area contributed by atoms with Gasteiger partial charge < -0.3 is 10.0 Å².